The summed E-state index contributed by atoms with van der Waals surface area (Å²) in [5.74, 6) is 0. The Hall–Kier alpha value is -1.19. The standard InChI is InChI=1S/C15H20N2S/c1-4-14-17-15(13(18-14)7-8-16)12-6-5-10(2)9-11(12)3/h5-6,9H,4,7-8,16H2,1-3H3. The molecule has 0 atom stereocenters. The van der Waals surface area contributed by atoms with E-state index in [0.29, 0.717) is 6.54 Å². The van der Waals surface area contributed by atoms with E-state index in [9.17, 15) is 0 Å². The first-order chi connectivity index (χ1) is 8.65. The van der Waals surface area contributed by atoms with Gasteiger partial charge in [0, 0.05) is 10.4 Å². The highest BCUT2D eigenvalue weighted by molar-refractivity contribution is 7.12. The van der Waals surface area contributed by atoms with Crippen molar-refractivity contribution in [3.8, 4) is 11.3 Å². The minimum absolute atomic E-state index is 0.684. The van der Waals surface area contributed by atoms with Gasteiger partial charge in [-0.1, -0.05) is 30.7 Å². The number of nitrogens with zero attached hydrogens (tertiary/aromatic N) is 1. The largest absolute Gasteiger partial charge is 0.330 e. The lowest BCUT2D eigenvalue weighted by Gasteiger charge is -2.06. The zero-order valence-electron chi connectivity index (χ0n) is 11.3. The van der Waals surface area contributed by atoms with Crippen LogP contribution in [0.2, 0.25) is 0 Å². The Morgan fingerprint density at radius 1 is 1.28 bits per heavy atom. The molecule has 2 aromatic rings. The Labute approximate surface area is 113 Å². The summed E-state index contributed by atoms with van der Waals surface area (Å²) in [6.07, 6.45) is 1.91. The maximum atomic E-state index is 5.70. The van der Waals surface area contributed by atoms with Crippen molar-refractivity contribution in [3.63, 3.8) is 0 Å². The summed E-state index contributed by atoms with van der Waals surface area (Å²) in [7, 11) is 0. The molecule has 0 saturated heterocycles. The van der Waals surface area contributed by atoms with E-state index in [1.165, 1.54) is 26.6 Å². The molecule has 0 saturated carbocycles. The zero-order valence-corrected chi connectivity index (χ0v) is 12.1. The Kier molecular flexibility index (Phi) is 4.15. The van der Waals surface area contributed by atoms with Crippen LogP contribution in [-0.4, -0.2) is 11.5 Å². The van der Waals surface area contributed by atoms with Crippen LogP contribution < -0.4 is 5.73 Å². The number of hydrogen-bond donors (Lipinski definition) is 1. The first kappa shape index (κ1) is 13.2. The molecular formula is C15H20N2S. The Bertz CT molecular complexity index is 543. The molecule has 0 unspecified atom stereocenters. The molecule has 96 valence electrons. The molecule has 2 nitrogen and oxygen atoms in total. The summed E-state index contributed by atoms with van der Waals surface area (Å²) < 4.78 is 0. The highest BCUT2D eigenvalue weighted by Crippen LogP contribution is 2.31. The number of aromatic nitrogens is 1. The minimum Gasteiger partial charge on any atom is -0.330 e. The lowest BCUT2D eigenvalue weighted by atomic mass is 10.0. The van der Waals surface area contributed by atoms with Crippen molar-refractivity contribution in [3.05, 3.63) is 39.2 Å². The van der Waals surface area contributed by atoms with Gasteiger partial charge in [-0.3, -0.25) is 0 Å². The quantitative estimate of drug-likeness (QED) is 0.914. The Morgan fingerprint density at radius 2 is 2.06 bits per heavy atom. The van der Waals surface area contributed by atoms with Crippen LogP contribution in [0, 0.1) is 13.8 Å². The average molecular weight is 260 g/mol. The smallest absolute Gasteiger partial charge is 0.0932 e. The maximum absolute atomic E-state index is 5.70. The molecule has 0 aliphatic carbocycles. The predicted octanol–water partition coefficient (Wildman–Crippen LogP) is 3.49. The van der Waals surface area contributed by atoms with E-state index in [0.717, 1.165) is 18.5 Å². The molecule has 0 aliphatic heterocycles. The van der Waals surface area contributed by atoms with E-state index >= 15 is 0 Å². The van der Waals surface area contributed by atoms with Crippen molar-refractivity contribution in [2.24, 2.45) is 5.73 Å². The molecule has 1 aromatic heterocycles. The fourth-order valence-electron chi connectivity index (χ4n) is 2.14. The van der Waals surface area contributed by atoms with Crippen LogP contribution in [0.3, 0.4) is 0 Å². The summed E-state index contributed by atoms with van der Waals surface area (Å²) in [5, 5.41) is 1.20. The van der Waals surface area contributed by atoms with E-state index in [1.807, 2.05) is 0 Å². The van der Waals surface area contributed by atoms with Crippen LogP contribution in [0.4, 0.5) is 0 Å². The fourth-order valence-corrected chi connectivity index (χ4v) is 3.18. The number of rotatable bonds is 4. The second-order valence-electron chi connectivity index (χ2n) is 4.59. The number of hydrogen-bond acceptors (Lipinski definition) is 3. The van der Waals surface area contributed by atoms with Crippen LogP contribution >= 0.6 is 11.3 Å². The summed E-state index contributed by atoms with van der Waals surface area (Å²) in [4.78, 5) is 6.09. The van der Waals surface area contributed by atoms with Crippen molar-refractivity contribution in [1.82, 2.24) is 4.98 Å². The third kappa shape index (κ3) is 2.62. The number of nitrogens with two attached hydrogens (primary N) is 1. The number of thiazole rings is 1. The molecule has 0 spiro atoms. The lowest BCUT2D eigenvalue weighted by molar-refractivity contribution is 0.984. The van der Waals surface area contributed by atoms with E-state index < -0.39 is 0 Å². The highest BCUT2D eigenvalue weighted by Gasteiger charge is 2.13. The molecule has 1 aromatic carbocycles. The second-order valence-corrected chi connectivity index (χ2v) is 5.76. The molecular weight excluding hydrogens is 240 g/mol. The third-order valence-electron chi connectivity index (χ3n) is 3.05. The van der Waals surface area contributed by atoms with Gasteiger partial charge in [0.25, 0.3) is 0 Å². The summed E-state index contributed by atoms with van der Waals surface area (Å²) in [6.45, 7) is 7.11. The Morgan fingerprint density at radius 3 is 2.67 bits per heavy atom. The first-order valence-corrected chi connectivity index (χ1v) is 7.23. The molecule has 3 heteroatoms. The lowest BCUT2D eigenvalue weighted by Crippen LogP contribution is -2.02. The summed E-state index contributed by atoms with van der Waals surface area (Å²) in [5.41, 5.74) is 10.7. The van der Waals surface area contributed by atoms with Crippen molar-refractivity contribution < 1.29 is 0 Å². The van der Waals surface area contributed by atoms with E-state index in [2.05, 4.69) is 39.0 Å². The summed E-state index contributed by atoms with van der Waals surface area (Å²) in [6, 6.07) is 6.55. The Balaban J connectivity index is 2.51. The normalized spacial score (nSPS) is 10.9. The van der Waals surface area contributed by atoms with Crippen LogP contribution in [-0.2, 0) is 12.8 Å². The van der Waals surface area contributed by atoms with E-state index in [1.54, 1.807) is 11.3 Å². The van der Waals surface area contributed by atoms with E-state index in [4.69, 9.17) is 10.7 Å². The van der Waals surface area contributed by atoms with Gasteiger partial charge in [0.15, 0.2) is 0 Å². The molecule has 0 fully saturated rings. The molecule has 2 rings (SSSR count). The molecule has 0 radical (unpaired) electrons. The molecule has 2 N–H and O–H groups in total. The van der Waals surface area contributed by atoms with Gasteiger partial charge in [-0.15, -0.1) is 11.3 Å². The van der Waals surface area contributed by atoms with Crippen molar-refractivity contribution in [2.75, 3.05) is 6.54 Å². The van der Waals surface area contributed by atoms with Gasteiger partial charge in [-0.05, 0) is 38.8 Å². The van der Waals surface area contributed by atoms with Gasteiger partial charge in [0.05, 0.1) is 10.7 Å². The van der Waals surface area contributed by atoms with Crippen LogP contribution in [0.15, 0.2) is 18.2 Å². The maximum Gasteiger partial charge on any atom is 0.0932 e. The molecule has 0 bridgehead atoms. The predicted molar refractivity (Wildman–Crippen MR) is 79.2 cm³/mol. The van der Waals surface area contributed by atoms with Gasteiger partial charge in [0.1, 0.15) is 0 Å². The van der Waals surface area contributed by atoms with Crippen molar-refractivity contribution >= 4 is 11.3 Å². The van der Waals surface area contributed by atoms with E-state index in [-0.39, 0.29) is 0 Å². The number of benzene rings is 1. The molecule has 0 aliphatic rings. The van der Waals surface area contributed by atoms with Gasteiger partial charge in [-0.25, -0.2) is 4.98 Å². The summed E-state index contributed by atoms with van der Waals surface area (Å²) >= 11 is 1.80. The first-order valence-electron chi connectivity index (χ1n) is 6.42. The van der Waals surface area contributed by atoms with Crippen molar-refractivity contribution in [1.29, 1.82) is 0 Å². The fraction of sp³-hybridized carbons (Fsp3) is 0.400. The van der Waals surface area contributed by atoms with Crippen molar-refractivity contribution in [2.45, 2.75) is 33.6 Å². The van der Waals surface area contributed by atoms with Gasteiger partial charge < -0.3 is 5.73 Å². The van der Waals surface area contributed by atoms with Gasteiger partial charge >= 0.3 is 0 Å². The van der Waals surface area contributed by atoms with Crippen LogP contribution in [0.5, 0.6) is 0 Å². The van der Waals surface area contributed by atoms with Crippen LogP contribution in [0.25, 0.3) is 11.3 Å². The van der Waals surface area contributed by atoms with Gasteiger partial charge in [0.2, 0.25) is 0 Å². The highest BCUT2D eigenvalue weighted by atomic mass is 32.1. The molecule has 0 amide bonds. The van der Waals surface area contributed by atoms with Gasteiger partial charge in [-0.2, -0.15) is 0 Å². The topological polar surface area (TPSA) is 38.9 Å². The average Bonchev–Trinajstić information content (AvgIpc) is 2.73. The number of aryl methyl sites for hydroxylation is 3. The van der Waals surface area contributed by atoms with Crippen LogP contribution in [0.1, 0.15) is 27.9 Å². The zero-order chi connectivity index (χ0) is 13.1. The second kappa shape index (κ2) is 5.63. The molecule has 18 heavy (non-hydrogen) atoms. The SMILES string of the molecule is CCc1nc(-c2ccc(C)cc2C)c(CCN)s1. The minimum atomic E-state index is 0.684. The monoisotopic (exact) mass is 260 g/mol. The molecule has 1 heterocycles. The third-order valence-corrected chi connectivity index (χ3v) is 4.31.